The molecule has 1 aromatic carbocycles. The van der Waals surface area contributed by atoms with Gasteiger partial charge in [0.1, 0.15) is 5.82 Å². The van der Waals surface area contributed by atoms with Crippen LogP contribution in [-0.4, -0.2) is 42.0 Å². The average molecular weight is 281 g/mol. The van der Waals surface area contributed by atoms with E-state index in [1.807, 2.05) is 0 Å². The van der Waals surface area contributed by atoms with E-state index in [4.69, 9.17) is 0 Å². The quantitative estimate of drug-likeness (QED) is 0.635. The van der Waals surface area contributed by atoms with Crippen LogP contribution in [0.15, 0.2) is 18.2 Å². The molecule has 0 spiro atoms. The summed E-state index contributed by atoms with van der Waals surface area (Å²) in [6.45, 7) is 0.647. The van der Waals surface area contributed by atoms with Crippen LogP contribution in [0.4, 0.5) is 10.1 Å². The third kappa shape index (κ3) is 2.16. The number of halogens is 1. The molecule has 106 valence electrons. The molecule has 1 aliphatic heterocycles. The first-order valence-corrected chi connectivity index (χ1v) is 5.74. The molecule has 0 saturated heterocycles. The van der Waals surface area contributed by atoms with Crippen LogP contribution < -0.4 is 4.90 Å². The molecule has 1 unspecified atom stereocenters. The highest BCUT2D eigenvalue weighted by Gasteiger charge is 2.42. The lowest BCUT2D eigenvalue weighted by Gasteiger charge is -2.26. The van der Waals surface area contributed by atoms with Gasteiger partial charge < -0.3 is 14.7 Å². The van der Waals surface area contributed by atoms with Crippen molar-refractivity contribution < 1.29 is 28.6 Å². The van der Waals surface area contributed by atoms with Gasteiger partial charge in [-0.05, 0) is 25.1 Å². The zero-order valence-corrected chi connectivity index (χ0v) is 10.8. The van der Waals surface area contributed by atoms with Crippen LogP contribution in [0.25, 0.3) is 0 Å². The number of hydrogen-bond acceptors (Lipinski definition) is 5. The number of carbonyl (C=O) groups excluding carboxylic acids is 3. The lowest BCUT2D eigenvalue weighted by molar-refractivity contribution is -0.159. The summed E-state index contributed by atoms with van der Waals surface area (Å²) in [4.78, 5) is 35.9. The fourth-order valence-electron chi connectivity index (χ4n) is 2.02. The Morgan fingerprint density at radius 2 is 2.10 bits per heavy atom. The predicted molar refractivity (Wildman–Crippen MR) is 65.7 cm³/mol. The number of ether oxygens (including phenoxy) is 1. The van der Waals surface area contributed by atoms with Gasteiger partial charge in [-0.2, -0.15) is 0 Å². The van der Waals surface area contributed by atoms with Gasteiger partial charge in [0.25, 0.3) is 11.7 Å². The Bertz CT molecular complexity index is 611. The first kappa shape index (κ1) is 14.1. The van der Waals surface area contributed by atoms with E-state index in [-0.39, 0.29) is 11.3 Å². The molecule has 1 heterocycles. The monoisotopic (exact) mass is 281 g/mol. The van der Waals surface area contributed by atoms with Crippen molar-refractivity contribution in [2.24, 2.45) is 0 Å². The summed E-state index contributed by atoms with van der Waals surface area (Å²) in [6, 6.07) is 3.26. The Morgan fingerprint density at radius 1 is 1.45 bits per heavy atom. The minimum Gasteiger partial charge on any atom is -0.467 e. The van der Waals surface area contributed by atoms with Crippen molar-refractivity contribution in [1.82, 2.24) is 0 Å². The summed E-state index contributed by atoms with van der Waals surface area (Å²) in [7, 11) is 1.08. The summed E-state index contributed by atoms with van der Waals surface area (Å²) in [5.41, 5.74) is -1.93. The first-order chi connectivity index (χ1) is 9.27. The Labute approximate surface area is 113 Å². The van der Waals surface area contributed by atoms with Crippen LogP contribution in [0.2, 0.25) is 0 Å². The first-order valence-electron chi connectivity index (χ1n) is 5.74. The average Bonchev–Trinajstić information content (AvgIpc) is 2.62. The van der Waals surface area contributed by atoms with Gasteiger partial charge in [0.2, 0.25) is 0 Å². The molecule has 0 radical (unpaired) electrons. The molecule has 1 aliphatic rings. The van der Waals surface area contributed by atoms with E-state index in [0.717, 1.165) is 31.1 Å². The van der Waals surface area contributed by atoms with Crippen molar-refractivity contribution in [3.63, 3.8) is 0 Å². The van der Waals surface area contributed by atoms with Crippen LogP contribution >= 0.6 is 0 Å². The van der Waals surface area contributed by atoms with E-state index in [9.17, 15) is 23.9 Å². The number of β-amino-alcohol motifs (C(OH)–C–C–N with tert-alkyl or cyclic N) is 1. The second-order valence-electron chi connectivity index (χ2n) is 4.65. The van der Waals surface area contributed by atoms with Crippen molar-refractivity contribution >= 4 is 23.3 Å². The third-order valence-corrected chi connectivity index (χ3v) is 3.03. The van der Waals surface area contributed by atoms with Crippen molar-refractivity contribution in [1.29, 1.82) is 0 Å². The van der Waals surface area contributed by atoms with Crippen LogP contribution in [0.3, 0.4) is 0 Å². The van der Waals surface area contributed by atoms with Crippen molar-refractivity contribution in [3.05, 3.63) is 29.6 Å². The van der Waals surface area contributed by atoms with Gasteiger partial charge in [-0.15, -0.1) is 0 Å². The number of benzene rings is 1. The molecule has 1 N–H and O–H groups in total. The highest BCUT2D eigenvalue weighted by molar-refractivity contribution is 6.52. The minimum atomic E-state index is -2.00. The molecule has 20 heavy (non-hydrogen) atoms. The number of fused-ring (bicyclic) bond motifs is 1. The van der Waals surface area contributed by atoms with Crippen molar-refractivity contribution in [2.45, 2.75) is 12.5 Å². The number of carbonyl (C=O) groups is 3. The van der Waals surface area contributed by atoms with Gasteiger partial charge in [-0.3, -0.25) is 9.59 Å². The van der Waals surface area contributed by atoms with Crippen molar-refractivity contribution in [2.75, 3.05) is 18.6 Å². The number of ketones is 1. The number of aliphatic hydroxyl groups is 1. The van der Waals surface area contributed by atoms with Crippen LogP contribution in [-0.2, 0) is 14.3 Å². The summed E-state index contributed by atoms with van der Waals surface area (Å²) < 4.78 is 17.7. The molecule has 1 aromatic rings. The number of Topliss-reactive ketones (excluding diaryl/α,β-unsaturated/α-hetero) is 1. The highest BCUT2D eigenvalue weighted by atomic mass is 19.1. The fourth-order valence-corrected chi connectivity index (χ4v) is 2.02. The maximum Gasteiger partial charge on any atom is 0.339 e. The molecular weight excluding hydrogens is 269 g/mol. The van der Waals surface area contributed by atoms with E-state index in [1.54, 1.807) is 0 Å². The summed E-state index contributed by atoms with van der Waals surface area (Å²) in [5, 5.41) is 9.97. The largest absolute Gasteiger partial charge is 0.467 e. The molecule has 1 amide bonds. The Hall–Kier alpha value is -2.28. The Balaban J connectivity index is 2.39. The van der Waals surface area contributed by atoms with E-state index >= 15 is 0 Å². The number of amides is 1. The molecule has 0 bridgehead atoms. The lowest BCUT2D eigenvalue weighted by Crippen LogP contribution is -2.49. The molecule has 0 saturated carbocycles. The third-order valence-electron chi connectivity index (χ3n) is 3.03. The lowest BCUT2D eigenvalue weighted by atomic mass is 10.1. The van der Waals surface area contributed by atoms with Crippen LogP contribution in [0, 0.1) is 5.82 Å². The van der Waals surface area contributed by atoms with Gasteiger partial charge in [-0.25, -0.2) is 9.18 Å². The smallest absolute Gasteiger partial charge is 0.339 e. The second-order valence-corrected chi connectivity index (χ2v) is 4.65. The second kappa shape index (κ2) is 4.68. The van der Waals surface area contributed by atoms with Gasteiger partial charge in [0.05, 0.1) is 24.9 Å². The number of rotatable bonds is 3. The SMILES string of the molecule is COC(=O)C(C)(O)CN1C(=O)C(=O)c2ccc(F)cc21. The maximum atomic E-state index is 13.2. The molecule has 2 rings (SSSR count). The Kier molecular flexibility index (Phi) is 3.31. The normalized spacial score (nSPS) is 16.9. The maximum absolute atomic E-state index is 13.2. The highest BCUT2D eigenvalue weighted by Crippen LogP contribution is 2.31. The van der Waals surface area contributed by atoms with E-state index < -0.39 is 35.6 Å². The summed E-state index contributed by atoms with van der Waals surface area (Å²) >= 11 is 0. The topological polar surface area (TPSA) is 83.9 Å². The van der Waals surface area contributed by atoms with Gasteiger partial charge >= 0.3 is 5.97 Å². The van der Waals surface area contributed by atoms with Crippen LogP contribution in [0.5, 0.6) is 0 Å². The predicted octanol–water partition coefficient (Wildman–Crippen LogP) is 0.279. The zero-order chi connectivity index (χ0) is 15.1. The number of anilines is 1. The number of hydrogen-bond donors (Lipinski definition) is 1. The number of esters is 1. The van der Waals surface area contributed by atoms with Gasteiger partial charge in [0.15, 0.2) is 5.60 Å². The molecule has 0 fully saturated rings. The number of nitrogens with zero attached hydrogens (tertiary/aromatic N) is 1. The molecule has 6 nitrogen and oxygen atoms in total. The molecule has 1 atom stereocenters. The standard InChI is InChI=1S/C13H12FNO5/c1-13(19,12(18)20-2)6-15-9-5-7(14)3-4-8(9)10(16)11(15)17/h3-5,19H,6H2,1-2H3. The molecule has 7 heteroatoms. The fraction of sp³-hybridized carbons (Fsp3) is 0.308. The van der Waals surface area contributed by atoms with E-state index in [1.165, 1.54) is 6.07 Å². The summed E-state index contributed by atoms with van der Waals surface area (Å²) in [5.74, 6) is -3.31. The van der Waals surface area contributed by atoms with Gasteiger partial charge in [0, 0.05) is 0 Å². The molecule has 0 aromatic heterocycles. The van der Waals surface area contributed by atoms with E-state index in [0.29, 0.717) is 0 Å². The summed E-state index contributed by atoms with van der Waals surface area (Å²) in [6.07, 6.45) is 0. The molecular formula is C13H12FNO5. The number of methoxy groups -OCH3 is 1. The van der Waals surface area contributed by atoms with E-state index in [2.05, 4.69) is 4.74 Å². The van der Waals surface area contributed by atoms with Gasteiger partial charge in [-0.1, -0.05) is 0 Å². The Morgan fingerprint density at radius 3 is 2.70 bits per heavy atom. The zero-order valence-electron chi connectivity index (χ0n) is 10.8. The van der Waals surface area contributed by atoms with Crippen molar-refractivity contribution in [3.8, 4) is 0 Å². The molecule has 0 aliphatic carbocycles. The van der Waals surface area contributed by atoms with Crippen LogP contribution in [0.1, 0.15) is 17.3 Å². The minimum absolute atomic E-state index is 0.0316.